The Kier molecular flexibility index (Phi) is 25.2. The Morgan fingerprint density at radius 1 is 1.14 bits per heavy atom. The van der Waals surface area contributed by atoms with Crippen LogP contribution in [0.5, 0.6) is 0 Å². The van der Waals surface area contributed by atoms with Crippen molar-refractivity contribution in [2.75, 3.05) is 0 Å². The largest absolute Gasteiger partial charge is 4.00 e. The van der Waals surface area contributed by atoms with Crippen molar-refractivity contribution < 1.29 is 51.3 Å². The maximum atomic E-state index is 10.1. The van der Waals surface area contributed by atoms with Gasteiger partial charge in [-0.3, -0.25) is 6.08 Å². The zero-order chi connectivity index (χ0) is 15.8. The number of nitrogens with one attached hydrogen (secondary N) is 1. The number of rotatable bonds is 0. The summed E-state index contributed by atoms with van der Waals surface area (Å²) < 4.78 is 0. The Morgan fingerprint density at radius 2 is 1.41 bits per heavy atom. The summed E-state index contributed by atoms with van der Waals surface area (Å²) in [5, 5.41) is 0. The summed E-state index contributed by atoms with van der Waals surface area (Å²) in [6, 6.07) is 0. The summed E-state index contributed by atoms with van der Waals surface area (Å²) in [5.74, 6) is 0.0532. The Bertz CT molecular complexity index is 364. The van der Waals surface area contributed by atoms with Crippen molar-refractivity contribution in [3.63, 3.8) is 0 Å². The van der Waals surface area contributed by atoms with E-state index in [1.54, 1.807) is 20.8 Å². The molecule has 0 aliphatic heterocycles. The molecule has 6 heteroatoms. The van der Waals surface area contributed by atoms with Crippen LogP contribution in [0.25, 0.3) is 5.73 Å². The molecule has 0 fully saturated rings. The molecule has 1 rings (SSSR count). The van der Waals surface area contributed by atoms with Crippen molar-refractivity contribution in [2.24, 2.45) is 11.3 Å². The average Bonchev–Trinajstić information content (AvgIpc) is 2.46. The second kappa shape index (κ2) is 16.3. The molecule has 0 saturated heterocycles. The normalized spacial score (nSPS) is 15.5. The van der Waals surface area contributed by atoms with Gasteiger partial charge in [0.25, 0.3) is 0 Å². The molecule has 0 aromatic carbocycles. The van der Waals surface area contributed by atoms with E-state index in [4.69, 9.17) is 5.73 Å². The van der Waals surface area contributed by atoms with Gasteiger partial charge in [-0.2, -0.15) is 11.1 Å². The first-order chi connectivity index (χ1) is 8.48. The smallest absolute Gasteiger partial charge is 1.00 e. The number of halogens is 2. The minimum Gasteiger partial charge on any atom is -1.00 e. The van der Waals surface area contributed by atoms with E-state index in [1.807, 2.05) is 0 Å². The van der Waals surface area contributed by atoms with Crippen LogP contribution in [-0.4, -0.2) is 15.4 Å². The van der Waals surface area contributed by atoms with E-state index in [1.165, 1.54) is 16.7 Å². The Balaban J connectivity index is -0.0000000679. The molecule has 0 saturated carbocycles. The summed E-state index contributed by atoms with van der Waals surface area (Å²) in [7, 11) is 0.750. The maximum absolute atomic E-state index is 10.1. The van der Waals surface area contributed by atoms with Crippen molar-refractivity contribution in [3.05, 3.63) is 28.5 Å². The number of allylic oxidation sites excluding steroid dienone is 4. The van der Waals surface area contributed by atoms with Gasteiger partial charge in [0.05, 0.1) is 5.91 Å². The summed E-state index contributed by atoms with van der Waals surface area (Å²) >= 11 is 0. The monoisotopic (exact) mass is 398 g/mol. The van der Waals surface area contributed by atoms with Crippen molar-refractivity contribution in [1.82, 2.24) is 0 Å². The van der Waals surface area contributed by atoms with Gasteiger partial charge < -0.3 is 35.3 Å². The molecule has 22 heavy (non-hydrogen) atoms. The number of hydrogen-bond donors (Lipinski definition) is 0. The van der Waals surface area contributed by atoms with Crippen LogP contribution in [0.15, 0.2) is 16.7 Å². The van der Waals surface area contributed by atoms with Gasteiger partial charge in [-0.1, -0.05) is 60.6 Å². The van der Waals surface area contributed by atoms with E-state index >= 15 is 0 Å². The molecule has 0 bridgehead atoms. The van der Waals surface area contributed by atoms with Gasteiger partial charge in [-0.15, -0.1) is 6.92 Å². The van der Waals surface area contributed by atoms with Crippen LogP contribution in [0.1, 0.15) is 48.5 Å². The number of carbonyl (C=O) groups excluding carboxylic acids is 1. The van der Waals surface area contributed by atoms with Crippen LogP contribution < -0.4 is 24.8 Å². The van der Waals surface area contributed by atoms with E-state index < -0.39 is 11.3 Å². The molecular formula is C16H30Cl2NOSiTi. The molecular weight excluding hydrogens is 369 g/mol. The first kappa shape index (κ1) is 33.9. The fourth-order valence-electron chi connectivity index (χ4n) is 1.16. The molecule has 1 N–H and O–H groups in total. The first-order valence-electron chi connectivity index (χ1n) is 6.76. The second-order valence-corrected chi connectivity index (χ2v) is 7.11. The van der Waals surface area contributed by atoms with E-state index in [2.05, 4.69) is 46.9 Å². The molecule has 1 amide bonds. The van der Waals surface area contributed by atoms with Crippen molar-refractivity contribution in [3.8, 4) is 0 Å². The predicted molar refractivity (Wildman–Crippen MR) is 87.6 cm³/mol. The third-order valence-electron chi connectivity index (χ3n) is 2.92. The number of hydrogen-bond acceptors (Lipinski definition) is 1. The molecule has 0 aromatic heterocycles. The average molecular weight is 399 g/mol. The van der Waals surface area contributed by atoms with Crippen molar-refractivity contribution in [1.29, 1.82) is 0 Å². The van der Waals surface area contributed by atoms with Crippen LogP contribution >= 0.6 is 0 Å². The topological polar surface area (TPSA) is 40.9 Å². The Morgan fingerprint density at radius 3 is 1.45 bits per heavy atom. The van der Waals surface area contributed by atoms with Gasteiger partial charge >= 0.3 is 21.7 Å². The van der Waals surface area contributed by atoms with Gasteiger partial charge in [0.1, 0.15) is 0 Å². The predicted octanol–water partition coefficient (Wildman–Crippen LogP) is -1.14. The standard InChI is InChI=1S/C9H13.C5H11NO.C2H7Si.2ClH.Ti/c1-6-5-7(2)9(4)8(6)3;1-5(2,3)4(6)7;1-3-2;;;/h6H,1-4H3;1-3H3,(H2,6,7);3H,1-2H3;2*1H;/q-1;;;;;+4/p-3. The van der Waals surface area contributed by atoms with Gasteiger partial charge in [-0.05, 0) is 0 Å². The van der Waals surface area contributed by atoms with Gasteiger partial charge in [-0.25, -0.2) is 5.57 Å². The minimum absolute atomic E-state index is 0. The molecule has 1 atom stereocenters. The Labute approximate surface area is 167 Å². The zero-order valence-corrected chi connectivity index (χ0v) is 19.5. The first-order valence-corrected chi connectivity index (χ1v) is 9.07. The van der Waals surface area contributed by atoms with Gasteiger partial charge in [0.15, 0.2) is 0 Å². The Hall–Kier alpha value is 0.461. The summed E-state index contributed by atoms with van der Waals surface area (Å²) in [6.45, 7) is 18.3. The fourth-order valence-corrected chi connectivity index (χ4v) is 1.16. The van der Waals surface area contributed by atoms with Gasteiger partial charge in [0.2, 0.25) is 0 Å². The maximum Gasteiger partial charge on any atom is 4.00 e. The van der Waals surface area contributed by atoms with E-state index in [-0.39, 0.29) is 46.5 Å². The minimum atomic E-state index is -0.507. The van der Waals surface area contributed by atoms with E-state index in [0.29, 0.717) is 5.92 Å². The third-order valence-corrected chi connectivity index (χ3v) is 2.92. The SMILES string of the molecule is CC(C)(C)C([NH-])=O.CC1=[C-]C(C)C(C)=C1C.C[SiH]C.[Cl-].[Cl-].[Ti+4]. The summed E-state index contributed by atoms with van der Waals surface area (Å²) in [5.41, 5.74) is 10.4. The van der Waals surface area contributed by atoms with Crippen LogP contribution in [0, 0.1) is 17.4 Å². The van der Waals surface area contributed by atoms with Crippen LogP contribution in [-0.2, 0) is 26.5 Å². The van der Waals surface area contributed by atoms with E-state index in [9.17, 15) is 4.79 Å². The number of carbonyl (C=O) groups is 1. The molecule has 0 heterocycles. The van der Waals surface area contributed by atoms with Crippen LogP contribution in [0.3, 0.4) is 0 Å². The van der Waals surface area contributed by atoms with E-state index in [0.717, 1.165) is 9.52 Å². The van der Waals surface area contributed by atoms with Crippen LogP contribution in [0.2, 0.25) is 13.1 Å². The molecule has 2 nitrogen and oxygen atoms in total. The molecule has 127 valence electrons. The molecule has 1 aliphatic rings. The molecule has 0 aromatic rings. The summed E-state index contributed by atoms with van der Waals surface area (Å²) in [6.07, 6.45) is 3.36. The second-order valence-electron chi connectivity index (χ2n) is 5.96. The molecule has 1 unspecified atom stereocenters. The summed E-state index contributed by atoms with van der Waals surface area (Å²) in [4.78, 5) is 10.1. The van der Waals surface area contributed by atoms with Crippen LogP contribution in [0.4, 0.5) is 0 Å². The molecule has 1 aliphatic carbocycles. The zero-order valence-electron chi connectivity index (χ0n) is 15.3. The molecule has 0 spiro atoms. The molecule has 1 radical (unpaired) electrons. The fraction of sp³-hybridized carbons (Fsp3) is 0.688. The van der Waals surface area contributed by atoms with Gasteiger partial charge in [0, 0.05) is 14.9 Å². The number of amides is 1. The van der Waals surface area contributed by atoms with Crippen molar-refractivity contribution >= 4 is 15.4 Å². The third kappa shape index (κ3) is 15.4. The van der Waals surface area contributed by atoms with Crippen molar-refractivity contribution in [2.45, 2.75) is 61.6 Å². The quantitative estimate of drug-likeness (QED) is 0.375.